The summed E-state index contributed by atoms with van der Waals surface area (Å²) in [5.74, 6) is 0.0570. The van der Waals surface area contributed by atoms with E-state index in [-0.39, 0.29) is 12.5 Å². The molecule has 0 spiro atoms. The van der Waals surface area contributed by atoms with Crippen molar-refractivity contribution in [2.45, 2.75) is 26.1 Å². The van der Waals surface area contributed by atoms with Gasteiger partial charge >= 0.3 is 5.97 Å². The van der Waals surface area contributed by atoms with E-state index in [0.29, 0.717) is 26.3 Å². The molecule has 26 heavy (non-hydrogen) atoms. The van der Waals surface area contributed by atoms with Crippen LogP contribution in [0.4, 0.5) is 0 Å². The minimum Gasteiger partial charge on any atom is -0.489 e. The summed E-state index contributed by atoms with van der Waals surface area (Å²) >= 11 is 0. The third-order valence-corrected chi connectivity index (χ3v) is 4.54. The SMILES string of the molecule is Cc1cc(OCc2ccncc2)ccc1[C@H]1CN(CCC(=O)O)CCO1. The molecule has 0 bridgehead atoms. The molecule has 0 aliphatic carbocycles. The Morgan fingerprint density at radius 2 is 2.15 bits per heavy atom. The minimum absolute atomic E-state index is 0.0354. The molecule has 0 radical (unpaired) electrons. The van der Waals surface area contributed by atoms with E-state index in [4.69, 9.17) is 14.6 Å². The molecule has 0 unspecified atom stereocenters. The molecule has 1 saturated heterocycles. The Bertz CT molecular complexity index is 736. The highest BCUT2D eigenvalue weighted by molar-refractivity contribution is 5.66. The number of carbonyl (C=O) groups is 1. The van der Waals surface area contributed by atoms with E-state index in [9.17, 15) is 4.79 Å². The second kappa shape index (κ2) is 8.78. The van der Waals surface area contributed by atoms with Crippen LogP contribution in [0.3, 0.4) is 0 Å². The van der Waals surface area contributed by atoms with Crippen LogP contribution in [-0.2, 0) is 16.1 Å². The number of aryl methyl sites for hydroxylation is 1. The number of carboxylic acid groups (broad SMARTS) is 1. The highest BCUT2D eigenvalue weighted by Gasteiger charge is 2.23. The van der Waals surface area contributed by atoms with Gasteiger partial charge in [0.2, 0.25) is 0 Å². The lowest BCUT2D eigenvalue weighted by atomic mass is 10.0. The van der Waals surface area contributed by atoms with Gasteiger partial charge in [-0.25, -0.2) is 0 Å². The van der Waals surface area contributed by atoms with Crippen LogP contribution in [0.25, 0.3) is 0 Å². The first-order valence-corrected chi connectivity index (χ1v) is 8.80. The van der Waals surface area contributed by atoms with E-state index >= 15 is 0 Å². The van der Waals surface area contributed by atoms with Gasteiger partial charge in [-0.2, -0.15) is 0 Å². The Balaban J connectivity index is 1.60. The number of aromatic nitrogens is 1. The second-order valence-corrected chi connectivity index (χ2v) is 6.47. The Labute approximate surface area is 153 Å². The van der Waals surface area contributed by atoms with Crippen molar-refractivity contribution in [1.29, 1.82) is 0 Å². The normalized spacial score (nSPS) is 17.8. The summed E-state index contributed by atoms with van der Waals surface area (Å²) in [6.07, 6.45) is 3.63. The van der Waals surface area contributed by atoms with Crippen molar-refractivity contribution in [3.63, 3.8) is 0 Å². The number of nitrogens with zero attached hydrogens (tertiary/aromatic N) is 2. The Hall–Kier alpha value is -2.44. The predicted molar refractivity (Wildman–Crippen MR) is 97.1 cm³/mol. The fourth-order valence-corrected chi connectivity index (χ4v) is 3.09. The van der Waals surface area contributed by atoms with Crippen molar-refractivity contribution >= 4 is 5.97 Å². The molecule has 1 N–H and O–H groups in total. The van der Waals surface area contributed by atoms with E-state index in [0.717, 1.165) is 29.0 Å². The maximum Gasteiger partial charge on any atom is 0.304 e. The van der Waals surface area contributed by atoms with Gasteiger partial charge in [0.25, 0.3) is 0 Å². The molecule has 0 saturated carbocycles. The Kier molecular flexibility index (Phi) is 6.20. The van der Waals surface area contributed by atoms with Gasteiger partial charge < -0.3 is 14.6 Å². The molecule has 6 nitrogen and oxygen atoms in total. The number of hydrogen-bond donors (Lipinski definition) is 1. The monoisotopic (exact) mass is 356 g/mol. The number of morpholine rings is 1. The van der Waals surface area contributed by atoms with E-state index in [1.54, 1.807) is 12.4 Å². The highest BCUT2D eigenvalue weighted by atomic mass is 16.5. The molecule has 138 valence electrons. The second-order valence-electron chi connectivity index (χ2n) is 6.47. The topological polar surface area (TPSA) is 71.9 Å². The minimum atomic E-state index is -0.764. The molecule has 3 rings (SSSR count). The van der Waals surface area contributed by atoms with E-state index in [1.165, 1.54) is 0 Å². The van der Waals surface area contributed by atoms with E-state index in [2.05, 4.69) is 9.88 Å². The maximum absolute atomic E-state index is 10.8. The van der Waals surface area contributed by atoms with E-state index in [1.807, 2.05) is 37.3 Å². The molecule has 1 fully saturated rings. The summed E-state index contributed by atoms with van der Waals surface area (Å²) in [6.45, 7) is 5.21. The number of benzene rings is 1. The van der Waals surface area contributed by atoms with Gasteiger partial charge in [-0.15, -0.1) is 0 Å². The van der Waals surface area contributed by atoms with Gasteiger partial charge in [0.15, 0.2) is 0 Å². The molecule has 1 atom stereocenters. The number of pyridine rings is 1. The zero-order valence-corrected chi connectivity index (χ0v) is 14.9. The standard InChI is InChI=1S/C20H24N2O4/c1-15-12-17(26-14-16-4-7-21-8-5-16)2-3-18(15)19-13-22(10-11-25-19)9-6-20(23)24/h2-5,7-8,12,19H,6,9-11,13-14H2,1H3,(H,23,24)/t19-/m1/s1. The van der Waals surface area contributed by atoms with E-state index < -0.39 is 5.97 Å². The molecule has 2 aromatic rings. The Morgan fingerprint density at radius 1 is 1.35 bits per heavy atom. The van der Waals surface area contributed by atoms with Crippen LogP contribution in [0.2, 0.25) is 0 Å². The molecule has 1 aliphatic rings. The van der Waals surface area contributed by atoms with Gasteiger partial charge in [0.1, 0.15) is 12.4 Å². The number of ether oxygens (including phenoxy) is 2. The molecule has 1 aliphatic heterocycles. The van der Waals surface area contributed by atoms with Crippen molar-refractivity contribution in [3.05, 3.63) is 59.4 Å². The van der Waals surface area contributed by atoms with Crippen molar-refractivity contribution in [2.75, 3.05) is 26.2 Å². The molecular weight excluding hydrogens is 332 g/mol. The predicted octanol–water partition coefficient (Wildman–Crippen LogP) is 2.82. The lowest BCUT2D eigenvalue weighted by molar-refractivity contribution is -0.137. The van der Waals surface area contributed by atoms with Crippen molar-refractivity contribution < 1.29 is 19.4 Å². The zero-order chi connectivity index (χ0) is 18.4. The number of aliphatic carboxylic acids is 1. The fraction of sp³-hybridized carbons (Fsp3) is 0.400. The first-order chi connectivity index (χ1) is 12.6. The van der Waals surface area contributed by atoms with Crippen LogP contribution in [0.5, 0.6) is 5.75 Å². The number of carboxylic acids is 1. The van der Waals surface area contributed by atoms with Gasteiger partial charge in [-0.3, -0.25) is 14.7 Å². The van der Waals surface area contributed by atoms with Crippen LogP contribution < -0.4 is 4.74 Å². The largest absolute Gasteiger partial charge is 0.489 e. The molecule has 0 amide bonds. The summed E-state index contributed by atoms with van der Waals surface area (Å²) in [6, 6.07) is 9.90. The summed E-state index contributed by atoms with van der Waals surface area (Å²) < 4.78 is 11.8. The van der Waals surface area contributed by atoms with Gasteiger partial charge in [0, 0.05) is 32.0 Å². The fourth-order valence-electron chi connectivity index (χ4n) is 3.09. The first kappa shape index (κ1) is 18.4. The van der Waals surface area contributed by atoms with Crippen LogP contribution in [0, 0.1) is 6.92 Å². The van der Waals surface area contributed by atoms with Gasteiger partial charge in [-0.05, 0) is 47.9 Å². The Morgan fingerprint density at radius 3 is 2.88 bits per heavy atom. The highest BCUT2D eigenvalue weighted by Crippen LogP contribution is 2.28. The maximum atomic E-state index is 10.8. The quantitative estimate of drug-likeness (QED) is 0.822. The molecule has 6 heteroatoms. The van der Waals surface area contributed by atoms with Gasteiger partial charge in [0.05, 0.1) is 19.1 Å². The molecular formula is C20H24N2O4. The average Bonchev–Trinajstić information content (AvgIpc) is 2.66. The van der Waals surface area contributed by atoms with Gasteiger partial charge in [-0.1, -0.05) is 6.07 Å². The molecule has 1 aromatic heterocycles. The third kappa shape index (κ3) is 5.03. The first-order valence-electron chi connectivity index (χ1n) is 8.80. The molecule has 1 aromatic carbocycles. The summed E-state index contributed by atoms with van der Waals surface area (Å²) in [5.41, 5.74) is 3.31. The van der Waals surface area contributed by atoms with Crippen molar-refractivity contribution in [3.8, 4) is 5.75 Å². The van der Waals surface area contributed by atoms with Crippen LogP contribution in [-0.4, -0.2) is 47.2 Å². The lowest BCUT2D eigenvalue weighted by Crippen LogP contribution is -2.39. The smallest absolute Gasteiger partial charge is 0.304 e. The number of rotatable bonds is 7. The summed E-state index contributed by atoms with van der Waals surface area (Å²) in [7, 11) is 0. The zero-order valence-electron chi connectivity index (χ0n) is 14.9. The third-order valence-electron chi connectivity index (χ3n) is 4.54. The number of hydrogen-bond acceptors (Lipinski definition) is 5. The lowest BCUT2D eigenvalue weighted by Gasteiger charge is -2.33. The van der Waals surface area contributed by atoms with Crippen LogP contribution >= 0.6 is 0 Å². The van der Waals surface area contributed by atoms with Crippen LogP contribution in [0.1, 0.15) is 29.2 Å². The van der Waals surface area contributed by atoms with Crippen LogP contribution in [0.15, 0.2) is 42.7 Å². The summed E-state index contributed by atoms with van der Waals surface area (Å²) in [4.78, 5) is 16.9. The van der Waals surface area contributed by atoms with Crippen molar-refractivity contribution in [1.82, 2.24) is 9.88 Å². The van der Waals surface area contributed by atoms with Crippen molar-refractivity contribution in [2.24, 2.45) is 0 Å². The molecule has 2 heterocycles. The average molecular weight is 356 g/mol. The summed E-state index contributed by atoms with van der Waals surface area (Å²) in [5, 5.41) is 8.86.